The lowest BCUT2D eigenvalue weighted by molar-refractivity contribution is -0.171. The van der Waals surface area contributed by atoms with Crippen molar-refractivity contribution in [2.45, 2.75) is 56.6 Å². The average molecular weight is 377 g/mol. The molecule has 0 aliphatic carbocycles. The van der Waals surface area contributed by atoms with Crippen molar-refractivity contribution in [3.63, 3.8) is 0 Å². The summed E-state index contributed by atoms with van der Waals surface area (Å²) in [7, 11) is 0. The number of hydrogen-bond donors (Lipinski definition) is 1. The van der Waals surface area contributed by atoms with Crippen molar-refractivity contribution in [2.75, 3.05) is 0 Å². The fourth-order valence-corrected chi connectivity index (χ4v) is 3.27. The Kier molecular flexibility index (Phi) is 7.03. The van der Waals surface area contributed by atoms with Crippen molar-refractivity contribution < 1.29 is 19.4 Å². The van der Waals surface area contributed by atoms with Gasteiger partial charge in [0.2, 0.25) is 0 Å². The van der Waals surface area contributed by atoms with E-state index >= 15 is 0 Å². The molecule has 6 heteroatoms. The predicted octanol–water partition coefficient (Wildman–Crippen LogP) is 3.11. The Balaban J connectivity index is 2.78. The summed E-state index contributed by atoms with van der Waals surface area (Å²) < 4.78 is 5.11. The van der Waals surface area contributed by atoms with Crippen LogP contribution >= 0.6 is 27.3 Å². The Bertz CT molecular complexity index is 472. The van der Waals surface area contributed by atoms with Gasteiger partial charge in [0.15, 0.2) is 5.60 Å². The summed E-state index contributed by atoms with van der Waals surface area (Å²) in [4.78, 5) is 24.2. The van der Waals surface area contributed by atoms with Crippen LogP contribution in [0.3, 0.4) is 0 Å². The van der Waals surface area contributed by atoms with Gasteiger partial charge in [-0.1, -0.05) is 22.0 Å². The third kappa shape index (κ3) is 5.52. The first-order valence-corrected chi connectivity index (χ1v) is 8.64. The van der Waals surface area contributed by atoms with E-state index in [0.717, 1.165) is 6.42 Å². The fourth-order valence-electron chi connectivity index (χ4n) is 1.97. The molecule has 0 bridgehead atoms. The molecule has 0 saturated heterocycles. The Labute approximate surface area is 137 Å². The van der Waals surface area contributed by atoms with Crippen LogP contribution < -0.4 is 0 Å². The molecule has 2 atom stereocenters. The van der Waals surface area contributed by atoms with Crippen molar-refractivity contribution in [3.8, 4) is 0 Å². The SMILES string of the molecule is CC(=O)C[C@@](O)(C(=O)OC(C)C)[C@H](Br)CCc1cccs1. The highest BCUT2D eigenvalue weighted by Crippen LogP contribution is 2.29. The number of carbonyl (C=O) groups excluding carboxylic acids is 2. The molecule has 1 rings (SSSR count). The Morgan fingerprint density at radius 2 is 2.14 bits per heavy atom. The second kappa shape index (κ2) is 8.06. The van der Waals surface area contributed by atoms with E-state index in [1.807, 2.05) is 17.5 Å². The maximum absolute atomic E-state index is 12.2. The summed E-state index contributed by atoms with van der Waals surface area (Å²) in [5, 5.41) is 12.6. The van der Waals surface area contributed by atoms with Gasteiger partial charge in [-0.25, -0.2) is 4.79 Å². The van der Waals surface area contributed by atoms with E-state index in [1.54, 1.807) is 25.2 Å². The van der Waals surface area contributed by atoms with E-state index in [-0.39, 0.29) is 18.3 Å². The van der Waals surface area contributed by atoms with Gasteiger partial charge in [-0.15, -0.1) is 11.3 Å². The molecule has 0 fully saturated rings. The Morgan fingerprint density at radius 3 is 2.62 bits per heavy atom. The number of Topliss-reactive ketones (excluding diaryl/α,β-unsaturated/α-hetero) is 1. The van der Waals surface area contributed by atoms with Gasteiger partial charge in [-0.3, -0.25) is 4.79 Å². The molecule has 0 saturated carbocycles. The fraction of sp³-hybridized carbons (Fsp3) is 0.600. The minimum atomic E-state index is -1.83. The molecule has 0 radical (unpaired) electrons. The van der Waals surface area contributed by atoms with Gasteiger partial charge in [-0.05, 0) is 45.1 Å². The van der Waals surface area contributed by atoms with Crippen molar-refractivity contribution in [1.82, 2.24) is 0 Å². The minimum absolute atomic E-state index is 0.251. The van der Waals surface area contributed by atoms with Crippen LogP contribution in [-0.4, -0.2) is 33.4 Å². The van der Waals surface area contributed by atoms with Crippen LogP contribution in [-0.2, 0) is 20.7 Å². The molecule has 1 aromatic rings. The monoisotopic (exact) mass is 376 g/mol. The van der Waals surface area contributed by atoms with Crippen LogP contribution in [0.1, 0.15) is 38.5 Å². The number of ether oxygens (including phenoxy) is 1. The van der Waals surface area contributed by atoms with Crippen LogP contribution in [0.5, 0.6) is 0 Å². The summed E-state index contributed by atoms with van der Waals surface area (Å²) in [6, 6.07) is 3.96. The number of halogens is 1. The second-order valence-corrected chi connectivity index (χ2v) is 7.48. The topological polar surface area (TPSA) is 63.6 Å². The first-order chi connectivity index (χ1) is 9.75. The number of carbonyl (C=O) groups is 2. The predicted molar refractivity (Wildman–Crippen MR) is 86.8 cm³/mol. The molecular weight excluding hydrogens is 356 g/mol. The zero-order valence-corrected chi connectivity index (χ0v) is 14.9. The summed E-state index contributed by atoms with van der Waals surface area (Å²) in [6.07, 6.45) is 0.673. The van der Waals surface area contributed by atoms with Gasteiger partial charge in [-0.2, -0.15) is 0 Å². The van der Waals surface area contributed by atoms with E-state index in [2.05, 4.69) is 15.9 Å². The summed E-state index contributed by atoms with van der Waals surface area (Å²) in [6.45, 7) is 4.77. The van der Waals surface area contributed by atoms with Gasteiger partial charge in [0.25, 0.3) is 0 Å². The molecule has 4 nitrogen and oxygen atoms in total. The molecule has 0 aromatic carbocycles. The lowest BCUT2D eigenvalue weighted by Gasteiger charge is -2.30. The molecule has 21 heavy (non-hydrogen) atoms. The Hall–Kier alpha value is -0.720. The van der Waals surface area contributed by atoms with Gasteiger partial charge in [0, 0.05) is 11.3 Å². The van der Waals surface area contributed by atoms with Gasteiger partial charge in [0.1, 0.15) is 5.78 Å². The lowest BCUT2D eigenvalue weighted by atomic mass is 9.91. The summed E-state index contributed by atoms with van der Waals surface area (Å²) in [5.74, 6) is -1.00. The average Bonchev–Trinajstić information content (AvgIpc) is 2.87. The number of hydrogen-bond acceptors (Lipinski definition) is 5. The van der Waals surface area contributed by atoms with Gasteiger partial charge in [0.05, 0.1) is 10.9 Å². The van der Waals surface area contributed by atoms with Crippen LogP contribution in [0.15, 0.2) is 17.5 Å². The third-order valence-corrected chi connectivity index (χ3v) is 5.11. The molecule has 118 valence electrons. The van der Waals surface area contributed by atoms with Crippen LogP contribution in [0.25, 0.3) is 0 Å². The largest absolute Gasteiger partial charge is 0.461 e. The number of ketones is 1. The van der Waals surface area contributed by atoms with Gasteiger partial charge < -0.3 is 9.84 Å². The third-order valence-electron chi connectivity index (χ3n) is 2.96. The van der Waals surface area contributed by atoms with Crippen LogP contribution in [0, 0.1) is 0 Å². The first kappa shape index (κ1) is 18.3. The first-order valence-electron chi connectivity index (χ1n) is 6.85. The molecule has 0 spiro atoms. The number of thiophene rings is 1. The van der Waals surface area contributed by atoms with E-state index < -0.39 is 16.4 Å². The summed E-state index contributed by atoms with van der Waals surface area (Å²) >= 11 is 4.99. The van der Waals surface area contributed by atoms with Crippen molar-refractivity contribution in [3.05, 3.63) is 22.4 Å². The maximum atomic E-state index is 12.2. The molecule has 1 N–H and O–H groups in total. The molecule has 0 aliphatic heterocycles. The highest BCUT2D eigenvalue weighted by molar-refractivity contribution is 9.09. The van der Waals surface area contributed by atoms with Crippen LogP contribution in [0.4, 0.5) is 0 Å². The number of aliphatic hydroxyl groups is 1. The number of aryl methyl sites for hydroxylation is 1. The molecule has 0 amide bonds. The van der Waals surface area contributed by atoms with E-state index in [0.29, 0.717) is 6.42 Å². The van der Waals surface area contributed by atoms with Crippen LogP contribution in [0.2, 0.25) is 0 Å². The minimum Gasteiger partial charge on any atom is -0.461 e. The number of rotatable bonds is 8. The molecule has 1 heterocycles. The molecule has 1 aromatic heterocycles. The summed E-state index contributed by atoms with van der Waals surface area (Å²) in [5.41, 5.74) is -1.83. The van der Waals surface area contributed by atoms with Crippen molar-refractivity contribution >= 4 is 39.0 Å². The molecule has 0 unspecified atom stereocenters. The van der Waals surface area contributed by atoms with E-state index in [1.165, 1.54) is 11.8 Å². The molecule has 0 aliphatic rings. The number of alkyl halides is 1. The van der Waals surface area contributed by atoms with Crippen molar-refractivity contribution in [1.29, 1.82) is 0 Å². The quantitative estimate of drug-likeness (QED) is 0.559. The van der Waals surface area contributed by atoms with E-state index in [4.69, 9.17) is 4.74 Å². The highest BCUT2D eigenvalue weighted by atomic mass is 79.9. The normalized spacial score (nSPS) is 15.5. The second-order valence-electron chi connectivity index (χ2n) is 5.34. The Morgan fingerprint density at radius 1 is 1.48 bits per heavy atom. The lowest BCUT2D eigenvalue weighted by Crippen LogP contribution is -2.50. The standard InChI is InChI=1S/C15H21BrO4S/c1-10(2)20-14(18)15(19,9-11(3)17)13(16)7-6-12-5-4-8-21-12/h4-5,8,10,13,19H,6-7,9H2,1-3H3/t13-,15+/m1/s1. The smallest absolute Gasteiger partial charge is 0.340 e. The zero-order chi connectivity index (χ0) is 16.0. The number of esters is 1. The van der Waals surface area contributed by atoms with E-state index in [9.17, 15) is 14.7 Å². The van der Waals surface area contributed by atoms with Crippen molar-refractivity contribution in [2.24, 2.45) is 0 Å². The maximum Gasteiger partial charge on any atom is 0.340 e. The zero-order valence-electron chi connectivity index (χ0n) is 12.5. The van der Waals surface area contributed by atoms with Gasteiger partial charge >= 0.3 is 5.97 Å². The highest BCUT2D eigenvalue weighted by Gasteiger charge is 2.45. The molecular formula is C15H21BrO4S.